The molecule has 80 valence electrons. The van der Waals surface area contributed by atoms with Gasteiger partial charge in [0.25, 0.3) is 0 Å². The van der Waals surface area contributed by atoms with Gasteiger partial charge in [-0.05, 0) is 12.5 Å². The largest absolute Gasteiger partial charge is 0.461 e. The van der Waals surface area contributed by atoms with Gasteiger partial charge in [-0.25, -0.2) is 9.97 Å². The molecular formula is C11H14N2O2. The molecule has 0 aliphatic carbocycles. The van der Waals surface area contributed by atoms with Crippen LogP contribution in [0.4, 0.5) is 0 Å². The van der Waals surface area contributed by atoms with Crippen LogP contribution in [0, 0.1) is 0 Å². The maximum atomic E-state index is 5.37. The number of aromatic nitrogens is 2. The molecule has 15 heavy (non-hydrogen) atoms. The zero-order chi connectivity index (χ0) is 10.7. The van der Waals surface area contributed by atoms with Crippen molar-refractivity contribution in [1.29, 1.82) is 0 Å². The van der Waals surface area contributed by atoms with Crippen LogP contribution < -0.4 is 4.74 Å². The molecule has 0 bridgehead atoms. The SMILES string of the molecule is C=C(C)c1cnc(OCC2CCO2)nc1. The van der Waals surface area contributed by atoms with Gasteiger partial charge in [0.15, 0.2) is 0 Å². The van der Waals surface area contributed by atoms with Crippen LogP contribution in [-0.2, 0) is 4.74 Å². The fourth-order valence-electron chi connectivity index (χ4n) is 1.19. The van der Waals surface area contributed by atoms with Gasteiger partial charge < -0.3 is 9.47 Å². The van der Waals surface area contributed by atoms with E-state index < -0.39 is 0 Å². The fraction of sp³-hybridized carbons (Fsp3) is 0.455. The third-order valence-electron chi connectivity index (χ3n) is 2.31. The lowest BCUT2D eigenvalue weighted by Gasteiger charge is -2.25. The van der Waals surface area contributed by atoms with Gasteiger partial charge in [0.05, 0.1) is 6.10 Å². The molecule has 1 atom stereocenters. The molecule has 2 heterocycles. The van der Waals surface area contributed by atoms with Crippen LogP contribution in [0.15, 0.2) is 19.0 Å². The zero-order valence-electron chi connectivity index (χ0n) is 8.77. The van der Waals surface area contributed by atoms with Crippen molar-refractivity contribution in [1.82, 2.24) is 9.97 Å². The molecule has 1 fully saturated rings. The summed E-state index contributed by atoms with van der Waals surface area (Å²) in [5, 5.41) is 0. The van der Waals surface area contributed by atoms with E-state index in [4.69, 9.17) is 9.47 Å². The predicted octanol–water partition coefficient (Wildman–Crippen LogP) is 1.68. The van der Waals surface area contributed by atoms with Gasteiger partial charge in [0, 0.05) is 31.0 Å². The lowest BCUT2D eigenvalue weighted by molar-refractivity contribution is -0.0734. The van der Waals surface area contributed by atoms with Crippen molar-refractivity contribution in [2.45, 2.75) is 19.4 Å². The summed E-state index contributed by atoms with van der Waals surface area (Å²) in [5.74, 6) is 0. The van der Waals surface area contributed by atoms with E-state index in [0.29, 0.717) is 12.6 Å². The highest BCUT2D eigenvalue weighted by molar-refractivity contribution is 5.59. The van der Waals surface area contributed by atoms with Crippen LogP contribution in [0.3, 0.4) is 0 Å². The van der Waals surface area contributed by atoms with Gasteiger partial charge in [-0.3, -0.25) is 0 Å². The van der Waals surface area contributed by atoms with E-state index >= 15 is 0 Å². The van der Waals surface area contributed by atoms with Crippen molar-refractivity contribution in [3.63, 3.8) is 0 Å². The maximum Gasteiger partial charge on any atom is 0.316 e. The second-order valence-electron chi connectivity index (χ2n) is 3.63. The van der Waals surface area contributed by atoms with Crippen molar-refractivity contribution in [3.05, 3.63) is 24.5 Å². The van der Waals surface area contributed by atoms with E-state index in [9.17, 15) is 0 Å². The molecule has 1 aromatic rings. The van der Waals surface area contributed by atoms with E-state index in [1.54, 1.807) is 12.4 Å². The summed E-state index contributed by atoms with van der Waals surface area (Å²) in [6, 6.07) is 0.399. The molecule has 0 spiro atoms. The molecule has 1 aliphatic rings. The lowest BCUT2D eigenvalue weighted by atomic mass is 10.2. The summed E-state index contributed by atoms with van der Waals surface area (Å²) in [4.78, 5) is 8.16. The minimum absolute atomic E-state index is 0.217. The molecule has 0 aromatic carbocycles. The smallest absolute Gasteiger partial charge is 0.316 e. The fourth-order valence-corrected chi connectivity index (χ4v) is 1.19. The normalized spacial score (nSPS) is 19.4. The van der Waals surface area contributed by atoms with Crippen LogP contribution in [0.2, 0.25) is 0 Å². The first-order valence-corrected chi connectivity index (χ1v) is 4.98. The Bertz CT molecular complexity index is 344. The van der Waals surface area contributed by atoms with Gasteiger partial charge in [-0.15, -0.1) is 0 Å². The van der Waals surface area contributed by atoms with Crippen LogP contribution in [0.5, 0.6) is 6.01 Å². The molecule has 0 saturated carbocycles. The molecular weight excluding hydrogens is 192 g/mol. The predicted molar refractivity (Wildman–Crippen MR) is 56.6 cm³/mol. The molecule has 0 radical (unpaired) electrons. The van der Waals surface area contributed by atoms with Crippen LogP contribution >= 0.6 is 0 Å². The van der Waals surface area contributed by atoms with Gasteiger partial charge in [0.2, 0.25) is 0 Å². The molecule has 2 rings (SSSR count). The third-order valence-corrected chi connectivity index (χ3v) is 2.31. The average Bonchev–Trinajstić information content (AvgIpc) is 2.16. The highest BCUT2D eigenvalue weighted by atomic mass is 16.6. The summed E-state index contributed by atoms with van der Waals surface area (Å²) in [7, 11) is 0. The average molecular weight is 206 g/mol. The van der Waals surface area contributed by atoms with E-state index in [1.807, 2.05) is 6.92 Å². The van der Waals surface area contributed by atoms with Crippen molar-refractivity contribution in [2.24, 2.45) is 0 Å². The van der Waals surface area contributed by atoms with E-state index in [-0.39, 0.29) is 6.10 Å². The Balaban J connectivity index is 1.88. The lowest BCUT2D eigenvalue weighted by Crippen LogP contribution is -2.32. The summed E-state index contributed by atoms with van der Waals surface area (Å²) >= 11 is 0. The molecule has 0 amide bonds. The number of allylic oxidation sites excluding steroid dienone is 1. The van der Waals surface area contributed by atoms with Crippen molar-refractivity contribution in [2.75, 3.05) is 13.2 Å². The van der Waals surface area contributed by atoms with Crippen LogP contribution in [-0.4, -0.2) is 29.3 Å². The Kier molecular flexibility index (Phi) is 2.97. The van der Waals surface area contributed by atoms with Crippen LogP contribution in [0.1, 0.15) is 18.9 Å². The highest BCUT2D eigenvalue weighted by Gasteiger charge is 2.18. The second kappa shape index (κ2) is 4.40. The minimum Gasteiger partial charge on any atom is -0.461 e. The van der Waals surface area contributed by atoms with Crippen LogP contribution in [0.25, 0.3) is 5.57 Å². The first-order valence-electron chi connectivity index (χ1n) is 4.98. The summed E-state index contributed by atoms with van der Waals surface area (Å²) in [6.45, 7) is 7.10. The van der Waals surface area contributed by atoms with E-state index in [1.165, 1.54) is 0 Å². The molecule has 4 heteroatoms. The van der Waals surface area contributed by atoms with Gasteiger partial charge >= 0.3 is 6.01 Å². The van der Waals surface area contributed by atoms with Crippen molar-refractivity contribution < 1.29 is 9.47 Å². The highest BCUT2D eigenvalue weighted by Crippen LogP contribution is 2.13. The monoisotopic (exact) mass is 206 g/mol. The minimum atomic E-state index is 0.217. The van der Waals surface area contributed by atoms with Gasteiger partial charge in [-0.2, -0.15) is 0 Å². The maximum absolute atomic E-state index is 5.37. The van der Waals surface area contributed by atoms with Crippen molar-refractivity contribution >= 4 is 5.57 Å². The summed E-state index contributed by atoms with van der Waals surface area (Å²) in [5.41, 5.74) is 1.88. The zero-order valence-corrected chi connectivity index (χ0v) is 8.77. The quantitative estimate of drug-likeness (QED) is 0.751. The number of hydrogen-bond donors (Lipinski definition) is 0. The Morgan fingerprint density at radius 1 is 1.60 bits per heavy atom. The molecule has 1 unspecified atom stereocenters. The Labute approximate surface area is 89.0 Å². The standard InChI is InChI=1S/C11H14N2O2/c1-8(2)9-5-12-11(13-6-9)15-7-10-3-4-14-10/h5-6,10H,1,3-4,7H2,2H3. The van der Waals surface area contributed by atoms with E-state index in [2.05, 4.69) is 16.5 Å². The van der Waals surface area contributed by atoms with Crippen molar-refractivity contribution in [3.8, 4) is 6.01 Å². The van der Waals surface area contributed by atoms with E-state index in [0.717, 1.165) is 24.2 Å². The Morgan fingerprint density at radius 3 is 2.73 bits per heavy atom. The number of ether oxygens (including phenoxy) is 2. The summed E-state index contributed by atoms with van der Waals surface area (Å²) in [6.07, 6.45) is 4.71. The number of nitrogens with zero attached hydrogens (tertiary/aromatic N) is 2. The topological polar surface area (TPSA) is 44.2 Å². The van der Waals surface area contributed by atoms with Gasteiger partial charge in [-0.1, -0.05) is 6.58 Å². The number of rotatable bonds is 4. The second-order valence-corrected chi connectivity index (χ2v) is 3.63. The first kappa shape index (κ1) is 10.1. The first-order chi connectivity index (χ1) is 7.25. The van der Waals surface area contributed by atoms with Gasteiger partial charge in [0.1, 0.15) is 6.61 Å². The number of hydrogen-bond acceptors (Lipinski definition) is 4. The molecule has 1 aliphatic heterocycles. The summed E-state index contributed by atoms with van der Waals surface area (Å²) < 4.78 is 10.6. The molecule has 1 saturated heterocycles. The Morgan fingerprint density at radius 2 is 2.27 bits per heavy atom. The molecule has 4 nitrogen and oxygen atoms in total. The third kappa shape index (κ3) is 2.53. The Hall–Kier alpha value is -1.42. The molecule has 1 aromatic heterocycles. The molecule has 0 N–H and O–H groups in total.